The maximum absolute atomic E-state index is 13.2. The van der Waals surface area contributed by atoms with Crippen molar-refractivity contribution in [2.45, 2.75) is 20.0 Å². The van der Waals surface area contributed by atoms with Crippen LogP contribution in [0.15, 0.2) is 48.8 Å². The maximum Gasteiger partial charge on any atom is 0.388 e. The van der Waals surface area contributed by atoms with Crippen LogP contribution in [-0.2, 0) is 11.2 Å². The minimum atomic E-state index is -3.10. The van der Waals surface area contributed by atoms with E-state index in [1.165, 1.54) is 18.3 Å². The van der Waals surface area contributed by atoms with E-state index in [2.05, 4.69) is 10.1 Å². The summed E-state index contributed by atoms with van der Waals surface area (Å²) in [4.78, 5) is 15.2. The quantitative estimate of drug-likeness (QED) is 0.329. The van der Waals surface area contributed by atoms with Crippen molar-refractivity contribution in [3.8, 4) is 17.3 Å². The maximum atomic E-state index is 13.2. The van der Waals surface area contributed by atoms with Crippen LogP contribution in [0.25, 0.3) is 16.6 Å². The van der Waals surface area contributed by atoms with Crippen molar-refractivity contribution in [1.29, 1.82) is 0 Å². The molecule has 176 valence electrons. The lowest BCUT2D eigenvalue weighted by atomic mass is 9.97. The van der Waals surface area contributed by atoms with Crippen molar-refractivity contribution >= 4 is 40.1 Å². The van der Waals surface area contributed by atoms with Gasteiger partial charge in [0.2, 0.25) is 5.88 Å². The molecule has 4 rings (SSSR count). The number of hydrogen-bond acceptors (Lipinski definition) is 5. The van der Waals surface area contributed by atoms with E-state index in [0.717, 1.165) is 11.3 Å². The van der Waals surface area contributed by atoms with E-state index in [1.54, 1.807) is 17.8 Å². The highest BCUT2D eigenvalue weighted by Gasteiger charge is 2.21. The summed E-state index contributed by atoms with van der Waals surface area (Å²) in [6.45, 7) is -1.98. The molecule has 0 aliphatic heterocycles. The average molecular weight is 508 g/mol. The van der Waals surface area contributed by atoms with Gasteiger partial charge >= 0.3 is 12.6 Å². The van der Waals surface area contributed by atoms with Crippen molar-refractivity contribution in [2.24, 2.45) is 0 Å². The van der Waals surface area contributed by atoms with Gasteiger partial charge in [-0.1, -0.05) is 35.3 Å². The highest BCUT2D eigenvalue weighted by molar-refractivity contribution is 6.35. The third kappa shape index (κ3) is 5.05. The first-order valence-corrected chi connectivity index (χ1v) is 10.7. The summed E-state index contributed by atoms with van der Waals surface area (Å²) < 4.78 is 38.1. The monoisotopic (exact) mass is 507 g/mol. The van der Waals surface area contributed by atoms with Gasteiger partial charge in [0, 0.05) is 23.6 Å². The molecule has 0 aliphatic rings. The normalized spacial score (nSPS) is 11.2. The number of aryl methyl sites for hydroxylation is 1. The molecule has 0 bridgehead atoms. The number of carbonyl (C=O) groups is 1. The lowest BCUT2D eigenvalue weighted by Crippen LogP contribution is -2.11. The van der Waals surface area contributed by atoms with Gasteiger partial charge in [-0.25, -0.2) is 14.5 Å². The molecule has 4 aromatic rings. The van der Waals surface area contributed by atoms with Gasteiger partial charge in [-0.2, -0.15) is 13.9 Å². The molecule has 34 heavy (non-hydrogen) atoms. The summed E-state index contributed by atoms with van der Waals surface area (Å²) in [5.74, 6) is -1.20. The molecule has 0 unspecified atom stereocenters. The molecule has 0 amide bonds. The van der Waals surface area contributed by atoms with Crippen LogP contribution in [0, 0.1) is 6.92 Å². The molecule has 1 N–H and O–H groups in total. The van der Waals surface area contributed by atoms with Crippen LogP contribution >= 0.6 is 23.2 Å². The Hall–Kier alpha value is -3.43. The average Bonchev–Trinajstić information content (AvgIpc) is 3.22. The molecule has 0 radical (unpaired) electrons. The Labute approximate surface area is 202 Å². The fraction of sp³-hybridized carbons (Fsp3) is 0.174. The number of aliphatic carboxylic acids is 1. The fourth-order valence-electron chi connectivity index (χ4n) is 3.56. The zero-order valence-electron chi connectivity index (χ0n) is 17.6. The Morgan fingerprint density at radius 3 is 2.53 bits per heavy atom. The highest BCUT2D eigenvalue weighted by atomic mass is 35.5. The Morgan fingerprint density at radius 2 is 1.91 bits per heavy atom. The molecule has 0 saturated carbocycles. The molecule has 2 aromatic carbocycles. The topological polar surface area (TPSA) is 86.5 Å². The number of alkyl halides is 2. The van der Waals surface area contributed by atoms with Crippen LogP contribution in [0.1, 0.15) is 16.7 Å². The van der Waals surface area contributed by atoms with Crippen molar-refractivity contribution in [2.75, 3.05) is 6.61 Å². The Balaban J connectivity index is 1.78. The minimum absolute atomic E-state index is 0.173. The first kappa shape index (κ1) is 23.7. The van der Waals surface area contributed by atoms with Gasteiger partial charge in [0.15, 0.2) is 6.61 Å². The van der Waals surface area contributed by atoms with E-state index in [9.17, 15) is 13.6 Å². The lowest BCUT2D eigenvalue weighted by Gasteiger charge is -2.18. The molecular weight excluding hydrogens is 491 g/mol. The molecule has 0 atom stereocenters. The van der Waals surface area contributed by atoms with Crippen LogP contribution < -0.4 is 9.47 Å². The second-order valence-electron chi connectivity index (χ2n) is 7.30. The van der Waals surface area contributed by atoms with E-state index >= 15 is 0 Å². The van der Waals surface area contributed by atoms with E-state index < -0.39 is 19.2 Å². The van der Waals surface area contributed by atoms with E-state index in [4.69, 9.17) is 37.8 Å². The van der Waals surface area contributed by atoms with Gasteiger partial charge in [0.05, 0.1) is 27.4 Å². The number of fused-ring (bicyclic) bond motifs is 1. The minimum Gasteiger partial charge on any atom is -0.481 e. The number of carboxylic acids is 1. The summed E-state index contributed by atoms with van der Waals surface area (Å²) in [7, 11) is 0. The summed E-state index contributed by atoms with van der Waals surface area (Å²) >= 11 is 12.2. The second kappa shape index (κ2) is 9.82. The SMILES string of the molecule is Cc1c(Cc2ccc(-n3cc(Cl)cn3)cc2)c(OC(F)F)nc2c(Cl)ccc(OCC(=O)O)c12. The number of pyridine rings is 1. The van der Waals surface area contributed by atoms with Crippen molar-refractivity contribution in [3.63, 3.8) is 0 Å². The number of aromatic nitrogens is 3. The highest BCUT2D eigenvalue weighted by Crippen LogP contribution is 2.38. The number of rotatable bonds is 8. The van der Waals surface area contributed by atoms with Gasteiger partial charge < -0.3 is 14.6 Å². The number of ether oxygens (including phenoxy) is 2. The molecule has 0 spiro atoms. The number of nitrogens with zero attached hydrogens (tertiary/aromatic N) is 3. The lowest BCUT2D eigenvalue weighted by molar-refractivity contribution is -0.139. The smallest absolute Gasteiger partial charge is 0.388 e. The standard InChI is InChI=1S/C23H17Cl2F2N3O4/c1-12-16(8-13-2-4-15(5-3-13)30-10-14(24)9-28-30)22(34-23(26)27)29-21-17(25)6-7-18(20(12)21)33-11-19(31)32/h2-7,9-10,23H,8,11H2,1H3,(H,31,32). The first-order chi connectivity index (χ1) is 16.2. The van der Waals surface area contributed by atoms with E-state index in [1.807, 2.05) is 24.3 Å². The van der Waals surface area contributed by atoms with Crippen LogP contribution in [0.2, 0.25) is 10.0 Å². The Morgan fingerprint density at radius 1 is 1.18 bits per heavy atom. The van der Waals surface area contributed by atoms with Gasteiger partial charge in [0.25, 0.3) is 0 Å². The van der Waals surface area contributed by atoms with Crippen molar-refractivity contribution in [3.05, 3.63) is 75.5 Å². The Bertz CT molecular complexity index is 1360. The largest absolute Gasteiger partial charge is 0.481 e. The van der Waals surface area contributed by atoms with Crippen LogP contribution in [0.5, 0.6) is 11.6 Å². The second-order valence-corrected chi connectivity index (χ2v) is 8.14. The number of hydrogen-bond donors (Lipinski definition) is 1. The van der Waals surface area contributed by atoms with Crippen LogP contribution in [-0.4, -0.2) is 39.1 Å². The predicted molar refractivity (Wildman–Crippen MR) is 123 cm³/mol. The zero-order valence-corrected chi connectivity index (χ0v) is 19.1. The van der Waals surface area contributed by atoms with E-state index in [0.29, 0.717) is 21.5 Å². The molecule has 0 aliphatic carbocycles. The van der Waals surface area contributed by atoms with Gasteiger partial charge in [-0.15, -0.1) is 0 Å². The fourth-order valence-corrected chi connectivity index (χ4v) is 3.90. The Kier molecular flexibility index (Phi) is 6.85. The first-order valence-electron chi connectivity index (χ1n) is 9.93. The third-order valence-electron chi connectivity index (χ3n) is 5.07. The van der Waals surface area contributed by atoms with Crippen molar-refractivity contribution in [1.82, 2.24) is 14.8 Å². The summed E-state index contributed by atoms with van der Waals surface area (Å²) in [5, 5.41) is 14.2. The summed E-state index contributed by atoms with van der Waals surface area (Å²) in [6.07, 6.45) is 3.38. The molecular formula is C23H17Cl2F2N3O4. The number of halogens is 4. The number of benzene rings is 2. The van der Waals surface area contributed by atoms with Crippen molar-refractivity contribution < 1.29 is 28.2 Å². The summed E-state index contributed by atoms with van der Waals surface area (Å²) in [6, 6.07) is 10.2. The molecule has 11 heteroatoms. The zero-order chi connectivity index (χ0) is 24.4. The van der Waals surface area contributed by atoms with Crippen LogP contribution in [0.4, 0.5) is 8.78 Å². The molecule has 2 aromatic heterocycles. The number of carboxylic acid groups (broad SMARTS) is 1. The predicted octanol–water partition coefficient (Wildman–Crippen LogP) is 5.69. The molecule has 7 nitrogen and oxygen atoms in total. The van der Waals surface area contributed by atoms with Gasteiger partial charge in [0.1, 0.15) is 5.75 Å². The van der Waals surface area contributed by atoms with Gasteiger partial charge in [-0.3, -0.25) is 0 Å². The third-order valence-corrected chi connectivity index (χ3v) is 5.57. The van der Waals surface area contributed by atoms with Gasteiger partial charge in [-0.05, 0) is 42.3 Å². The van der Waals surface area contributed by atoms with Crippen LogP contribution in [0.3, 0.4) is 0 Å². The van der Waals surface area contributed by atoms with E-state index in [-0.39, 0.29) is 28.6 Å². The molecule has 0 saturated heterocycles. The summed E-state index contributed by atoms with van der Waals surface area (Å²) in [5.41, 5.74) is 2.66. The molecule has 0 fully saturated rings. The molecule has 2 heterocycles.